The van der Waals surface area contributed by atoms with E-state index in [1.807, 2.05) is 25.1 Å². The third-order valence-electron chi connectivity index (χ3n) is 4.53. The van der Waals surface area contributed by atoms with E-state index in [0.717, 1.165) is 13.0 Å². The fourth-order valence-electron chi connectivity index (χ4n) is 3.11. The van der Waals surface area contributed by atoms with E-state index >= 15 is 0 Å². The predicted octanol–water partition coefficient (Wildman–Crippen LogP) is 4.17. The number of carbonyl (C=O) groups excluding carboxylic acids is 1. The normalized spacial score (nSPS) is 21.0. The maximum absolute atomic E-state index is 12.4. The minimum absolute atomic E-state index is 0.104. The van der Waals surface area contributed by atoms with Gasteiger partial charge in [0.2, 0.25) is 0 Å². The standard InChI is InChI=1S/C19H28O3/c1-4-5-9-14(2)18(16-10-7-6-8-11-16)15(3)19(20)22-13-17-12-21-17/h6-8,10-11,14-15,17-18H,4-5,9,12-13H2,1-3H3. The van der Waals surface area contributed by atoms with Crippen molar-refractivity contribution < 1.29 is 14.3 Å². The summed E-state index contributed by atoms with van der Waals surface area (Å²) < 4.78 is 10.5. The Labute approximate surface area is 134 Å². The number of carbonyl (C=O) groups is 1. The van der Waals surface area contributed by atoms with E-state index in [4.69, 9.17) is 9.47 Å². The molecule has 0 spiro atoms. The van der Waals surface area contributed by atoms with Crippen LogP contribution in [0.5, 0.6) is 0 Å². The molecule has 3 nitrogen and oxygen atoms in total. The molecule has 0 N–H and O–H groups in total. The second-order valence-corrected chi connectivity index (χ2v) is 6.43. The van der Waals surface area contributed by atoms with Crippen LogP contribution in [-0.4, -0.2) is 25.3 Å². The largest absolute Gasteiger partial charge is 0.463 e. The topological polar surface area (TPSA) is 38.8 Å². The molecule has 0 amide bonds. The molecule has 0 bridgehead atoms. The lowest BCUT2D eigenvalue weighted by atomic mass is 9.76. The number of hydrogen-bond donors (Lipinski definition) is 0. The third kappa shape index (κ3) is 4.84. The fourth-order valence-corrected chi connectivity index (χ4v) is 3.11. The Bertz CT molecular complexity index is 453. The Morgan fingerprint density at radius 2 is 2.00 bits per heavy atom. The van der Waals surface area contributed by atoms with Gasteiger partial charge in [0.1, 0.15) is 12.7 Å². The SMILES string of the molecule is CCCCC(C)C(c1ccccc1)C(C)C(=O)OCC1CO1. The van der Waals surface area contributed by atoms with Gasteiger partial charge in [-0.05, 0) is 17.4 Å². The average Bonchev–Trinajstić information content (AvgIpc) is 3.36. The summed E-state index contributed by atoms with van der Waals surface area (Å²) in [5.74, 6) is 0.433. The first kappa shape index (κ1) is 17.0. The molecule has 1 saturated heterocycles. The van der Waals surface area contributed by atoms with Crippen LogP contribution in [0.25, 0.3) is 0 Å². The number of unbranched alkanes of at least 4 members (excludes halogenated alkanes) is 1. The van der Waals surface area contributed by atoms with E-state index in [-0.39, 0.29) is 23.9 Å². The molecule has 1 fully saturated rings. The number of rotatable bonds is 9. The van der Waals surface area contributed by atoms with Crippen LogP contribution in [0.2, 0.25) is 0 Å². The molecule has 22 heavy (non-hydrogen) atoms. The maximum atomic E-state index is 12.4. The maximum Gasteiger partial charge on any atom is 0.309 e. The minimum atomic E-state index is -0.131. The van der Waals surface area contributed by atoms with Crippen LogP contribution in [0, 0.1) is 11.8 Å². The van der Waals surface area contributed by atoms with Crippen LogP contribution >= 0.6 is 0 Å². The van der Waals surface area contributed by atoms with E-state index in [1.54, 1.807) is 0 Å². The number of benzene rings is 1. The summed E-state index contributed by atoms with van der Waals surface area (Å²) in [6.07, 6.45) is 3.65. The fraction of sp³-hybridized carbons (Fsp3) is 0.632. The van der Waals surface area contributed by atoms with Crippen molar-refractivity contribution >= 4 is 5.97 Å². The molecule has 4 atom stereocenters. The summed E-state index contributed by atoms with van der Waals surface area (Å²) in [4.78, 5) is 12.4. The van der Waals surface area contributed by atoms with Crippen LogP contribution < -0.4 is 0 Å². The second kappa shape index (κ2) is 8.33. The Kier molecular flexibility index (Phi) is 6.44. The first-order chi connectivity index (χ1) is 10.6. The Morgan fingerprint density at radius 1 is 1.32 bits per heavy atom. The lowest BCUT2D eigenvalue weighted by molar-refractivity contribution is -0.149. The van der Waals surface area contributed by atoms with E-state index in [9.17, 15) is 4.79 Å². The molecule has 1 aliphatic rings. The van der Waals surface area contributed by atoms with Gasteiger partial charge in [-0.25, -0.2) is 0 Å². The highest BCUT2D eigenvalue weighted by molar-refractivity contribution is 5.73. The summed E-state index contributed by atoms with van der Waals surface area (Å²) in [5, 5.41) is 0. The van der Waals surface area contributed by atoms with Gasteiger partial charge in [-0.3, -0.25) is 4.79 Å². The average molecular weight is 304 g/mol. The second-order valence-electron chi connectivity index (χ2n) is 6.43. The molecule has 1 aromatic carbocycles. The van der Waals surface area contributed by atoms with Crippen molar-refractivity contribution in [3.63, 3.8) is 0 Å². The summed E-state index contributed by atoms with van der Waals surface area (Å²) in [5.41, 5.74) is 1.23. The van der Waals surface area contributed by atoms with Crippen molar-refractivity contribution in [2.75, 3.05) is 13.2 Å². The van der Waals surface area contributed by atoms with Crippen LogP contribution in [0.3, 0.4) is 0 Å². The van der Waals surface area contributed by atoms with Gasteiger partial charge in [-0.15, -0.1) is 0 Å². The van der Waals surface area contributed by atoms with E-state index in [1.165, 1.54) is 18.4 Å². The molecule has 122 valence electrons. The lowest BCUT2D eigenvalue weighted by Gasteiger charge is -2.29. The molecule has 1 heterocycles. The van der Waals surface area contributed by atoms with Gasteiger partial charge in [-0.1, -0.05) is 70.4 Å². The summed E-state index contributed by atoms with van der Waals surface area (Å²) in [7, 11) is 0. The zero-order valence-electron chi connectivity index (χ0n) is 14.0. The monoisotopic (exact) mass is 304 g/mol. The van der Waals surface area contributed by atoms with Gasteiger partial charge < -0.3 is 9.47 Å². The zero-order valence-corrected chi connectivity index (χ0v) is 14.0. The number of ether oxygens (including phenoxy) is 2. The predicted molar refractivity (Wildman–Crippen MR) is 87.7 cm³/mol. The van der Waals surface area contributed by atoms with Crippen molar-refractivity contribution in [1.29, 1.82) is 0 Å². The van der Waals surface area contributed by atoms with Crippen molar-refractivity contribution in [1.82, 2.24) is 0 Å². The molecule has 0 radical (unpaired) electrons. The van der Waals surface area contributed by atoms with Gasteiger partial charge in [0.15, 0.2) is 0 Å². The van der Waals surface area contributed by atoms with Crippen LogP contribution in [0.4, 0.5) is 0 Å². The molecule has 3 heteroatoms. The number of epoxide rings is 1. The molecule has 4 unspecified atom stereocenters. The summed E-state index contributed by atoms with van der Waals surface area (Å²) in [6.45, 7) is 7.57. The molecule has 2 rings (SSSR count). The number of esters is 1. The first-order valence-electron chi connectivity index (χ1n) is 8.46. The Balaban J connectivity index is 2.06. The van der Waals surface area contributed by atoms with Crippen molar-refractivity contribution in [2.45, 2.75) is 52.1 Å². The van der Waals surface area contributed by atoms with Crippen LogP contribution in [0.1, 0.15) is 51.5 Å². The smallest absolute Gasteiger partial charge is 0.309 e. The molecular weight excluding hydrogens is 276 g/mol. The molecule has 1 aromatic rings. The first-order valence-corrected chi connectivity index (χ1v) is 8.46. The molecule has 0 aromatic heterocycles. The van der Waals surface area contributed by atoms with Gasteiger partial charge in [0.25, 0.3) is 0 Å². The van der Waals surface area contributed by atoms with Gasteiger partial charge >= 0.3 is 5.97 Å². The molecule has 0 aliphatic carbocycles. The van der Waals surface area contributed by atoms with Gasteiger partial charge in [-0.2, -0.15) is 0 Å². The van der Waals surface area contributed by atoms with E-state index in [0.29, 0.717) is 12.5 Å². The molecule has 0 saturated carbocycles. The van der Waals surface area contributed by atoms with Crippen molar-refractivity contribution in [3.05, 3.63) is 35.9 Å². The molecular formula is C19H28O3. The van der Waals surface area contributed by atoms with Crippen LogP contribution in [-0.2, 0) is 14.3 Å². The van der Waals surface area contributed by atoms with Crippen molar-refractivity contribution in [2.24, 2.45) is 11.8 Å². The summed E-state index contributed by atoms with van der Waals surface area (Å²) >= 11 is 0. The van der Waals surface area contributed by atoms with Crippen LogP contribution in [0.15, 0.2) is 30.3 Å². The number of hydrogen-bond acceptors (Lipinski definition) is 3. The molecule has 1 aliphatic heterocycles. The minimum Gasteiger partial charge on any atom is -0.463 e. The van der Waals surface area contributed by atoms with Gasteiger partial charge in [0.05, 0.1) is 12.5 Å². The van der Waals surface area contributed by atoms with Gasteiger partial charge in [0, 0.05) is 0 Å². The van der Waals surface area contributed by atoms with E-state index in [2.05, 4.69) is 26.0 Å². The highest BCUT2D eigenvalue weighted by Crippen LogP contribution is 2.35. The summed E-state index contributed by atoms with van der Waals surface area (Å²) in [6, 6.07) is 10.4. The third-order valence-corrected chi connectivity index (χ3v) is 4.53. The zero-order chi connectivity index (χ0) is 15.9. The van der Waals surface area contributed by atoms with E-state index < -0.39 is 0 Å². The quantitative estimate of drug-likeness (QED) is 0.507. The lowest BCUT2D eigenvalue weighted by Crippen LogP contribution is -2.27. The highest BCUT2D eigenvalue weighted by atomic mass is 16.6. The van der Waals surface area contributed by atoms with Crippen molar-refractivity contribution in [3.8, 4) is 0 Å². The highest BCUT2D eigenvalue weighted by Gasteiger charge is 2.32. The Morgan fingerprint density at radius 3 is 2.59 bits per heavy atom. The Hall–Kier alpha value is -1.35.